The molecule has 0 spiro atoms. The third kappa shape index (κ3) is 1.20. The third-order valence-electron chi connectivity index (χ3n) is 1.54. The maximum atomic E-state index is 11.0. The summed E-state index contributed by atoms with van der Waals surface area (Å²) < 4.78 is 0. The number of carbonyl (C=O) groups is 2. The van der Waals surface area contributed by atoms with E-state index in [0.717, 1.165) is 0 Å². The Morgan fingerprint density at radius 1 is 1.14 bits per heavy atom. The Hall–Kier alpha value is -2.65. The molecule has 1 rings (SSSR count). The van der Waals surface area contributed by atoms with Crippen LogP contribution in [0.2, 0.25) is 0 Å². The van der Waals surface area contributed by atoms with Gasteiger partial charge < -0.3 is 5.32 Å². The van der Waals surface area contributed by atoms with Gasteiger partial charge in [-0.25, -0.2) is 27.7 Å². The fourth-order valence-corrected chi connectivity index (χ4v) is 0.924. The van der Waals surface area contributed by atoms with E-state index in [1.165, 1.54) is 0 Å². The largest absolute Gasteiger partial charge is 0.507 e. The predicted molar refractivity (Wildman–Crippen MR) is 43.8 cm³/mol. The van der Waals surface area contributed by atoms with Crippen LogP contribution < -0.4 is 5.32 Å². The van der Waals surface area contributed by atoms with Gasteiger partial charge in [-0.15, -0.1) is 0 Å². The maximum absolute atomic E-state index is 11.0. The van der Waals surface area contributed by atoms with E-state index in [-0.39, 0.29) is 5.70 Å². The molecule has 1 heterocycles. The predicted octanol–water partition coefficient (Wildman–Crippen LogP) is -0.0191. The molecule has 0 bridgehead atoms. The van der Waals surface area contributed by atoms with Crippen LogP contribution >= 0.6 is 0 Å². The molecule has 66 valence electrons. The Bertz CT molecular complexity index is 455. The first kappa shape index (κ1) is 9.44. The Kier molecular flexibility index (Phi) is 2.28. The quantitative estimate of drug-likeness (QED) is 0.462. The number of amides is 1. The van der Waals surface area contributed by atoms with Crippen molar-refractivity contribution in [2.75, 3.05) is 0 Å². The molecule has 6 nitrogen and oxygen atoms in total. The normalized spacial score (nSPS) is 14.7. The van der Waals surface area contributed by atoms with Gasteiger partial charge in [-0.3, -0.25) is 9.59 Å². The standard InChI is InChI=1S/C8H2N4O2/c1-9-4-5(7(10-2)11-3)12-8(14)6(4)13/h7H,(H,12,13,14). The lowest BCUT2D eigenvalue weighted by atomic mass is 10.2. The van der Waals surface area contributed by atoms with Crippen LogP contribution in [0.1, 0.15) is 0 Å². The van der Waals surface area contributed by atoms with Crippen molar-refractivity contribution in [1.29, 1.82) is 0 Å². The summed E-state index contributed by atoms with van der Waals surface area (Å²) in [4.78, 5) is 30.4. The van der Waals surface area contributed by atoms with Gasteiger partial charge in [0.05, 0.1) is 6.57 Å². The second-order valence-corrected chi connectivity index (χ2v) is 2.29. The van der Waals surface area contributed by atoms with Crippen molar-refractivity contribution in [3.05, 3.63) is 45.6 Å². The summed E-state index contributed by atoms with van der Waals surface area (Å²) in [6.07, 6.45) is -1.31. The van der Waals surface area contributed by atoms with Crippen molar-refractivity contribution in [2.24, 2.45) is 0 Å². The van der Waals surface area contributed by atoms with Gasteiger partial charge in [0.15, 0.2) is 0 Å². The zero-order valence-corrected chi connectivity index (χ0v) is 6.74. The van der Waals surface area contributed by atoms with Crippen molar-refractivity contribution < 1.29 is 9.59 Å². The summed E-state index contributed by atoms with van der Waals surface area (Å²) >= 11 is 0. The summed E-state index contributed by atoms with van der Waals surface area (Å²) in [5.74, 6) is -1.93. The molecular weight excluding hydrogens is 184 g/mol. The summed E-state index contributed by atoms with van der Waals surface area (Å²) in [6.45, 7) is 19.9. The van der Waals surface area contributed by atoms with Crippen LogP contribution in [0.4, 0.5) is 0 Å². The monoisotopic (exact) mass is 186 g/mol. The molecule has 0 saturated heterocycles. The first-order chi connectivity index (χ1) is 6.65. The molecule has 0 aromatic carbocycles. The average molecular weight is 186 g/mol. The smallest absolute Gasteiger partial charge is 0.319 e. The number of Topliss-reactive ketones (excluding diaryl/α,β-unsaturated/α-hetero) is 1. The van der Waals surface area contributed by atoms with Crippen LogP contribution in [0.25, 0.3) is 14.5 Å². The van der Waals surface area contributed by atoms with E-state index in [1.54, 1.807) is 0 Å². The first-order valence-electron chi connectivity index (χ1n) is 3.36. The van der Waals surface area contributed by atoms with E-state index in [0.29, 0.717) is 0 Å². The lowest BCUT2D eigenvalue weighted by molar-refractivity contribution is -0.134. The minimum Gasteiger partial charge on any atom is -0.319 e. The van der Waals surface area contributed by atoms with Gasteiger partial charge in [0.25, 0.3) is 17.4 Å². The number of hydrogen-bond acceptors (Lipinski definition) is 2. The van der Waals surface area contributed by atoms with E-state index in [9.17, 15) is 9.59 Å². The molecule has 0 atom stereocenters. The Morgan fingerprint density at radius 2 is 1.71 bits per heavy atom. The van der Waals surface area contributed by atoms with Gasteiger partial charge in [-0.1, -0.05) is 0 Å². The van der Waals surface area contributed by atoms with E-state index < -0.39 is 23.6 Å². The molecular formula is C8H2N4O2. The first-order valence-corrected chi connectivity index (χ1v) is 3.36. The van der Waals surface area contributed by atoms with Crippen molar-refractivity contribution in [1.82, 2.24) is 5.32 Å². The number of carbonyl (C=O) groups excluding carboxylic acids is 2. The maximum Gasteiger partial charge on any atom is 0.507 e. The minimum absolute atomic E-state index is 0.194. The lowest BCUT2D eigenvalue weighted by Crippen LogP contribution is -2.24. The Balaban J connectivity index is 3.25. The topological polar surface area (TPSA) is 59.2 Å². The van der Waals surface area contributed by atoms with E-state index in [2.05, 4.69) is 19.9 Å². The second kappa shape index (κ2) is 3.38. The van der Waals surface area contributed by atoms with E-state index >= 15 is 0 Å². The average Bonchev–Trinajstić information content (AvgIpc) is 2.45. The zero-order chi connectivity index (χ0) is 10.7. The molecule has 0 aromatic heterocycles. The number of nitrogens with one attached hydrogen (secondary N) is 1. The highest BCUT2D eigenvalue weighted by atomic mass is 16.2. The van der Waals surface area contributed by atoms with Crippen LogP contribution in [0.15, 0.2) is 11.4 Å². The van der Waals surface area contributed by atoms with Crippen LogP contribution in [0.3, 0.4) is 0 Å². The molecule has 0 aliphatic carbocycles. The number of nitrogens with zero attached hydrogens (tertiary/aromatic N) is 3. The van der Waals surface area contributed by atoms with Gasteiger partial charge in [-0.05, 0) is 0 Å². The Morgan fingerprint density at radius 3 is 2.14 bits per heavy atom. The van der Waals surface area contributed by atoms with Gasteiger partial charge in [0.2, 0.25) is 5.70 Å². The molecule has 6 heteroatoms. The van der Waals surface area contributed by atoms with Crippen LogP contribution in [0.5, 0.6) is 0 Å². The van der Waals surface area contributed by atoms with Crippen molar-refractivity contribution in [3.8, 4) is 0 Å². The third-order valence-corrected chi connectivity index (χ3v) is 1.54. The summed E-state index contributed by atoms with van der Waals surface area (Å²) in [6, 6.07) is 0. The number of hydrogen-bond donors (Lipinski definition) is 1. The van der Waals surface area contributed by atoms with Crippen LogP contribution in [0, 0.1) is 19.7 Å². The second-order valence-electron chi connectivity index (χ2n) is 2.29. The van der Waals surface area contributed by atoms with Crippen LogP contribution in [-0.4, -0.2) is 17.9 Å². The van der Waals surface area contributed by atoms with Crippen molar-refractivity contribution in [2.45, 2.75) is 6.17 Å². The van der Waals surface area contributed by atoms with Gasteiger partial charge in [0, 0.05) is 0 Å². The molecule has 1 amide bonds. The van der Waals surface area contributed by atoms with Gasteiger partial charge >= 0.3 is 6.17 Å². The summed E-state index contributed by atoms with van der Waals surface area (Å²) in [7, 11) is 0. The van der Waals surface area contributed by atoms with Crippen molar-refractivity contribution >= 4 is 11.7 Å². The summed E-state index contributed by atoms with van der Waals surface area (Å²) in [5, 5.41) is 2.06. The highest BCUT2D eigenvalue weighted by Gasteiger charge is 2.41. The molecule has 0 aromatic rings. The van der Waals surface area contributed by atoms with Gasteiger partial charge in [-0.2, -0.15) is 0 Å². The fourth-order valence-electron chi connectivity index (χ4n) is 0.924. The SMILES string of the molecule is [C-]#[N+]C1=C(C([N+]#[C-])[N+]#[C-])NC(=O)C1=O. The molecule has 1 aliphatic heterocycles. The van der Waals surface area contributed by atoms with Gasteiger partial charge in [0.1, 0.15) is 0 Å². The van der Waals surface area contributed by atoms with Crippen molar-refractivity contribution in [3.63, 3.8) is 0 Å². The molecule has 14 heavy (non-hydrogen) atoms. The molecule has 0 fully saturated rings. The van der Waals surface area contributed by atoms with E-state index in [4.69, 9.17) is 19.7 Å². The highest BCUT2D eigenvalue weighted by Crippen LogP contribution is 2.18. The molecule has 0 radical (unpaired) electrons. The lowest BCUT2D eigenvalue weighted by Gasteiger charge is -1.93. The molecule has 0 unspecified atom stereocenters. The molecule has 1 N–H and O–H groups in total. The Labute approximate surface area is 79.3 Å². The van der Waals surface area contributed by atoms with E-state index in [1.807, 2.05) is 0 Å². The molecule has 0 saturated carbocycles. The minimum atomic E-state index is -1.31. The highest BCUT2D eigenvalue weighted by molar-refractivity contribution is 6.46. The number of rotatable bonds is 1. The zero-order valence-electron chi connectivity index (χ0n) is 6.74. The molecule has 1 aliphatic rings. The fraction of sp³-hybridized carbons (Fsp3) is 0.125. The summed E-state index contributed by atoms with van der Waals surface area (Å²) in [5.41, 5.74) is -0.646. The van der Waals surface area contributed by atoms with Crippen LogP contribution in [-0.2, 0) is 9.59 Å². The number of ketones is 1.